The molecular formula is C13H17NO4S2. The van der Waals surface area contributed by atoms with Gasteiger partial charge in [-0.3, -0.25) is 4.79 Å². The summed E-state index contributed by atoms with van der Waals surface area (Å²) in [7, 11) is -2.90. The predicted octanol–water partition coefficient (Wildman–Crippen LogP) is 1.04. The van der Waals surface area contributed by atoms with E-state index >= 15 is 0 Å². The number of rotatable bonds is 5. The average molecular weight is 315 g/mol. The topological polar surface area (TPSA) is 83.5 Å². The summed E-state index contributed by atoms with van der Waals surface area (Å²) < 4.78 is 22.6. The summed E-state index contributed by atoms with van der Waals surface area (Å²) in [6, 6.07) is 7.05. The minimum atomic E-state index is -2.90. The summed E-state index contributed by atoms with van der Waals surface area (Å²) >= 11 is 1.37. The molecule has 0 spiro atoms. The molecule has 110 valence electrons. The molecule has 1 saturated heterocycles. The van der Waals surface area contributed by atoms with Crippen LogP contribution in [0, 0.1) is 0 Å². The fourth-order valence-corrected chi connectivity index (χ4v) is 5.50. The van der Waals surface area contributed by atoms with Crippen molar-refractivity contribution in [2.45, 2.75) is 18.3 Å². The molecule has 7 heteroatoms. The number of aliphatic hydroxyl groups excluding tert-OH is 1. The number of hydrogen-bond acceptors (Lipinski definition) is 5. The van der Waals surface area contributed by atoms with Crippen LogP contribution in [0.1, 0.15) is 12.0 Å². The number of benzene rings is 1. The minimum Gasteiger partial charge on any atom is -0.392 e. The highest BCUT2D eigenvalue weighted by Gasteiger charge is 2.28. The Morgan fingerprint density at radius 2 is 2.15 bits per heavy atom. The van der Waals surface area contributed by atoms with Crippen LogP contribution < -0.4 is 5.32 Å². The number of carbonyl (C=O) groups is 1. The number of aliphatic hydroxyl groups is 1. The zero-order chi connectivity index (χ0) is 14.6. The van der Waals surface area contributed by atoms with E-state index in [1.54, 1.807) is 24.3 Å². The van der Waals surface area contributed by atoms with Crippen LogP contribution in [0.3, 0.4) is 0 Å². The van der Waals surface area contributed by atoms with Crippen molar-refractivity contribution in [3.8, 4) is 0 Å². The summed E-state index contributed by atoms with van der Waals surface area (Å²) in [5, 5.41) is 11.9. The van der Waals surface area contributed by atoms with E-state index in [1.807, 2.05) is 0 Å². The molecule has 1 heterocycles. The smallest absolute Gasteiger partial charge is 0.234 e. The van der Waals surface area contributed by atoms with Gasteiger partial charge in [0.15, 0.2) is 9.84 Å². The Balaban J connectivity index is 1.84. The van der Waals surface area contributed by atoms with Crippen molar-refractivity contribution < 1.29 is 18.3 Å². The second kappa shape index (κ2) is 6.60. The Hall–Kier alpha value is -1.05. The van der Waals surface area contributed by atoms with Crippen molar-refractivity contribution in [1.29, 1.82) is 0 Å². The lowest BCUT2D eigenvalue weighted by Crippen LogP contribution is -2.18. The first kappa shape index (κ1) is 15.3. The normalized spacial score (nSPS) is 20.8. The molecule has 1 atom stereocenters. The molecule has 1 aromatic carbocycles. The summed E-state index contributed by atoms with van der Waals surface area (Å²) in [4.78, 5) is 11.8. The molecule has 2 N–H and O–H groups in total. The summed E-state index contributed by atoms with van der Waals surface area (Å²) in [6.45, 7) is -0.134. The van der Waals surface area contributed by atoms with Crippen molar-refractivity contribution >= 4 is 33.2 Å². The average Bonchev–Trinajstić information content (AvgIpc) is 2.77. The van der Waals surface area contributed by atoms with Crippen LogP contribution in [-0.2, 0) is 21.2 Å². The van der Waals surface area contributed by atoms with E-state index in [4.69, 9.17) is 5.11 Å². The van der Waals surface area contributed by atoms with Crippen LogP contribution in [0.25, 0.3) is 0 Å². The van der Waals surface area contributed by atoms with Crippen molar-refractivity contribution in [2.75, 3.05) is 22.6 Å². The van der Waals surface area contributed by atoms with Gasteiger partial charge in [0, 0.05) is 16.5 Å². The molecule has 1 unspecified atom stereocenters. The van der Waals surface area contributed by atoms with Crippen LogP contribution >= 0.6 is 11.8 Å². The maximum Gasteiger partial charge on any atom is 0.234 e. The van der Waals surface area contributed by atoms with E-state index < -0.39 is 9.84 Å². The lowest BCUT2D eigenvalue weighted by atomic mass is 10.2. The Bertz CT molecular complexity index is 586. The molecule has 5 nitrogen and oxygen atoms in total. The van der Waals surface area contributed by atoms with Crippen LogP contribution in [-0.4, -0.2) is 41.9 Å². The number of amides is 1. The number of sulfone groups is 1. The summed E-state index contributed by atoms with van der Waals surface area (Å²) in [5.74, 6) is 0.429. The Kier molecular flexibility index (Phi) is 5.06. The third kappa shape index (κ3) is 4.22. The van der Waals surface area contributed by atoms with E-state index in [9.17, 15) is 13.2 Å². The fraction of sp³-hybridized carbons (Fsp3) is 0.462. The second-order valence-electron chi connectivity index (χ2n) is 4.70. The van der Waals surface area contributed by atoms with E-state index in [-0.39, 0.29) is 35.0 Å². The Morgan fingerprint density at radius 1 is 1.40 bits per heavy atom. The lowest BCUT2D eigenvalue weighted by Gasteiger charge is -2.10. The van der Waals surface area contributed by atoms with Crippen LogP contribution in [0.5, 0.6) is 0 Å². The largest absolute Gasteiger partial charge is 0.392 e. The summed E-state index contributed by atoms with van der Waals surface area (Å²) in [5.41, 5.74) is 1.26. The molecule has 1 amide bonds. The SMILES string of the molecule is O=C(CSC1CCS(=O)(=O)C1)Nc1ccccc1CO. The van der Waals surface area contributed by atoms with Crippen LogP contribution in [0.2, 0.25) is 0 Å². The zero-order valence-electron chi connectivity index (χ0n) is 10.9. The van der Waals surface area contributed by atoms with Gasteiger partial charge in [0.05, 0.1) is 23.9 Å². The van der Waals surface area contributed by atoms with Crippen LogP contribution in [0.15, 0.2) is 24.3 Å². The molecular weight excluding hydrogens is 298 g/mol. The van der Waals surface area contributed by atoms with Gasteiger partial charge in [-0.25, -0.2) is 8.42 Å². The van der Waals surface area contributed by atoms with Crippen LogP contribution in [0.4, 0.5) is 5.69 Å². The van der Waals surface area contributed by atoms with Gasteiger partial charge in [-0.05, 0) is 12.5 Å². The number of anilines is 1. The van der Waals surface area contributed by atoms with Gasteiger partial charge in [0.2, 0.25) is 5.91 Å². The maximum atomic E-state index is 11.8. The highest BCUT2D eigenvalue weighted by Crippen LogP contribution is 2.24. The number of hydrogen-bond donors (Lipinski definition) is 2. The van der Waals surface area contributed by atoms with Gasteiger partial charge in [-0.15, -0.1) is 11.8 Å². The monoisotopic (exact) mass is 315 g/mol. The fourth-order valence-electron chi connectivity index (χ4n) is 2.05. The van der Waals surface area contributed by atoms with Gasteiger partial charge in [0.25, 0.3) is 0 Å². The molecule has 1 aliphatic heterocycles. The van der Waals surface area contributed by atoms with Gasteiger partial charge in [-0.1, -0.05) is 18.2 Å². The van der Waals surface area contributed by atoms with E-state index in [1.165, 1.54) is 11.8 Å². The van der Waals surface area contributed by atoms with Crippen molar-refractivity contribution in [1.82, 2.24) is 0 Å². The van der Waals surface area contributed by atoms with Gasteiger partial charge in [0.1, 0.15) is 0 Å². The van der Waals surface area contributed by atoms with E-state index in [0.29, 0.717) is 17.7 Å². The van der Waals surface area contributed by atoms with Crippen molar-refractivity contribution in [3.63, 3.8) is 0 Å². The molecule has 0 bridgehead atoms. The van der Waals surface area contributed by atoms with Gasteiger partial charge in [-0.2, -0.15) is 0 Å². The molecule has 0 radical (unpaired) electrons. The molecule has 1 fully saturated rings. The standard InChI is InChI=1S/C13H17NO4S2/c15-7-10-3-1-2-4-12(10)14-13(16)8-19-11-5-6-20(17,18)9-11/h1-4,11,15H,5-9H2,(H,14,16). The lowest BCUT2D eigenvalue weighted by molar-refractivity contribution is -0.113. The molecule has 0 aromatic heterocycles. The maximum absolute atomic E-state index is 11.8. The molecule has 2 rings (SSSR count). The number of nitrogens with one attached hydrogen (secondary N) is 1. The highest BCUT2D eigenvalue weighted by molar-refractivity contribution is 8.02. The third-order valence-corrected chi connectivity index (χ3v) is 6.38. The third-order valence-electron chi connectivity index (χ3n) is 3.10. The minimum absolute atomic E-state index is 0.0128. The highest BCUT2D eigenvalue weighted by atomic mass is 32.2. The Morgan fingerprint density at radius 3 is 2.80 bits per heavy atom. The first-order valence-corrected chi connectivity index (χ1v) is 9.18. The van der Waals surface area contributed by atoms with Crippen molar-refractivity contribution in [2.24, 2.45) is 0 Å². The molecule has 1 aliphatic rings. The summed E-state index contributed by atoms with van der Waals surface area (Å²) in [6.07, 6.45) is 0.619. The molecule has 0 saturated carbocycles. The van der Waals surface area contributed by atoms with Crippen molar-refractivity contribution in [3.05, 3.63) is 29.8 Å². The molecule has 20 heavy (non-hydrogen) atoms. The molecule has 1 aromatic rings. The van der Waals surface area contributed by atoms with E-state index in [2.05, 4.69) is 5.32 Å². The quantitative estimate of drug-likeness (QED) is 0.848. The first-order valence-electron chi connectivity index (χ1n) is 6.31. The Labute approximate surface area is 122 Å². The van der Waals surface area contributed by atoms with Gasteiger partial charge < -0.3 is 10.4 Å². The molecule has 0 aliphatic carbocycles. The van der Waals surface area contributed by atoms with Gasteiger partial charge >= 0.3 is 0 Å². The number of carbonyl (C=O) groups excluding carboxylic acids is 1. The predicted molar refractivity (Wildman–Crippen MR) is 80.5 cm³/mol. The number of para-hydroxylation sites is 1. The zero-order valence-corrected chi connectivity index (χ0v) is 12.5. The first-order chi connectivity index (χ1) is 9.50. The number of thioether (sulfide) groups is 1. The van der Waals surface area contributed by atoms with E-state index in [0.717, 1.165) is 0 Å². The second-order valence-corrected chi connectivity index (χ2v) is 8.22.